The minimum absolute atomic E-state index is 0.0743. The Labute approximate surface area is 252 Å². The van der Waals surface area contributed by atoms with Crippen molar-refractivity contribution < 1.29 is 23.9 Å². The lowest BCUT2D eigenvalue weighted by atomic mass is 9.71. The summed E-state index contributed by atoms with van der Waals surface area (Å²) in [6, 6.07) is 15.8. The molecule has 3 fully saturated rings. The lowest BCUT2D eigenvalue weighted by molar-refractivity contribution is -0.128. The van der Waals surface area contributed by atoms with Crippen molar-refractivity contribution in [2.45, 2.75) is 43.2 Å². The van der Waals surface area contributed by atoms with E-state index >= 15 is 4.39 Å². The van der Waals surface area contributed by atoms with Crippen molar-refractivity contribution in [2.75, 3.05) is 23.3 Å². The van der Waals surface area contributed by atoms with E-state index < -0.39 is 35.2 Å². The number of rotatable bonds is 5. The van der Waals surface area contributed by atoms with Crippen LogP contribution < -0.4 is 10.2 Å². The second kappa shape index (κ2) is 10.1. The van der Waals surface area contributed by atoms with Gasteiger partial charge in [-0.05, 0) is 66.8 Å². The molecule has 2 amide bonds. The summed E-state index contributed by atoms with van der Waals surface area (Å²) in [4.78, 5) is 44.1. The third-order valence-corrected chi connectivity index (χ3v) is 10.2. The number of amides is 2. The van der Waals surface area contributed by atoms with Crippen LogP contribution in [-0.4, -0.2) is 46.9 Å². The van der Waals surface area contributed by atoms with Crippen molar-refractivity contribution in [3.8, 4) is 0 Å². The van der Waals surface area contributed by atoms with E-state index in [2.05, 4.69) is 10.2 Å². The fourth-order valence-corrected chi connectivity index (χ4v) is 8.28. The highest BCUT2D eigenvalue weighted by Crippen LogP contribution is 2.62. The molecule has 0 aromatic heterocycles. The number of hydrogen-bond acceptors (Lipinski definition) is 4. The van der Waals surface area contributed by atoms with Gasteiger partial charge in [-0.1, -0.05) is 54.2 Å². The summed E-state index contributed by atoms with van der Waals surface area (Å²) in [7, 11) is 0. The average molecular weight is 608 g/mol. The molecule has 3 aromatic carbocycles. The lowest BCUT2D eigenvalue weighted by Crippen LogP contribution is -2.55. The molecule has 0 bridgehead atoms. The largest absolute Gasteiger partial charge is 0.478 e. The number of nitrogens with one attached hydrogen (secondary N) is 1. The van der Waals surface area contributed by atoms with Gasteiger partial charge in [-0.15, -0.1) is 0 Å². The smallest absolute Gasteiger partial charge is 0.335 e. The van der Waals surface area contributed by atoms with Crippen LogP contribution in [0.5, 0.6) is 0 Å². The summed E-state index contributed by atoms with van der Waals surface area (Å²) >= 11 is 12.6. The monoisotopic (exact) mass is 607 g/mol. The maximum Gasteiger partial charge on any atom is 0.335 e. The SMILES string of the molecule is O=C(O)c1ccc(N2C[C@@H]3[C@H](C2=O)[C@@H](c2cccc(Cl)c2F)[C@@]2(C(=O)Nc4cc(Cl)ccc42)N3CC2CCCC2)cc1. The summed E-state index contributed by atoms with van der Waals surface area (Å²) in [6.45, 7) is 0.855. The number of carboxylic acids is 1. The number of carboxylic acid groups (broad SMARTS) is 1. The minimum Gasteiger partial charge on any atom is -0.478 e. The quantitative estimate of drug-likeness (QED) is 0.355. The van der Waals surface area contributed by atoms with Crippen LogP contribution in [0.15, 0.2) is 60.7 Å². The van der Waals surface area contributed by atoms with Crippen LogP contribution in [0.25, 0.3) is 0 Å². The van der Waals surface area contributed by atoms with Crippen LogP contribution in [0.3, 0.4) is 0 Å². The Morgan fingerprint density at radius 1 is 1.05 bits per heavy atom. The molecule has 0 unspecified atom stereocenters. The number of halogens is 3. The molecular weight excluding hydrogens is 580 g/mol. The number of nitrogens with zero attached hydrogens (tertiary/aromatic N) is 2. The van der Waals surface area contributed by atoms with Gasteiger partial charge in [-0.2, -0.15) is 0 Å². The molecule has 42 heavy (non-hydrogen) atoms. The van der Waals surface area contributed by atoms with Crippen molar-refractivity contribution >= 4 is 52.4 Å². The van der Waals surface area contributed by atoms with E-state index in [0.717, 1.165) is 25.7 Å². The molecule has 216 valence electrons. The predicted octanol–water partition coefficient (Wildman–Crippen LogP) is 6.30. The van der Waals surface area contributed by atoms with Gasteiger partial charge >= 0.3 is 5.97 Å². The van der Waals surface area contributed by atoms with E-state index in [0.29, 0.717) is 34.4 Å². The van der Waals surface area contributed by atoms with E-state index in [9.17, 15) is 19.5 Å². The maximum atomic E-state index is 16.0. The zero-order valence-corrected chi connectivity index (χ0v) is 24.0. The number of likely N-dealkylation sites (tertiary alicyclic amines) is 1. The van der Waals surface area contributed by atoms with Crippen molar-refractivity contribution in [1.82, 2.24) is 4.90 Å². The highest BCUT2D eigenvalue weighted by atomic mass is 35.5. The first kappa shape index (κ1) is 27.4. The molecule has 3 heterocycles. The molecule has 2 saturated heterocycles. The first-order chi connectivity index (χ1) is 20.2. The molecule has 1 saturated carbocycles. The Balaban J connectivity index is 1.43. The molecule has 3 aliphatic heterocycles. The number of anilines is 2. The van der Waals surface area contributed by atoms with E-state index in [-0.39, 0.29) is 34.5 Å². The average Bonchev–Trinajstić information content (AvgIpc) is 3.72. The number of carbonyl (C=O) groups is 3. The van der Waals surface area contributed by atoms with E-state index in [1.807, 2.05) is 6.07 Å². The predicted molar refractivity (Wildman–Crippen MR) is 158 cm³/mol. The highest BCUT2D eigenvalue weighted by Gasteiger charge is 2.71. The summed E-state index contributed by atoms with van der Waals surface area (Å²) in [5.74, 6) is -3.55. The Hall–Kier alpha value is -3.46. The summed E-state index contributed by atoms with van der Waals surface area (Å²) in [5.41, 5.74) is 0.787. The second-order valence-electron chi connectivity index (χ2n) is 11.7. The summed E-state index contributed by atoms with van der Waals surface area (Å²) in [6.07, 6.45) is 4.24. The van der Waals surface area contributed by atoms with E-state index in [4.69, 9.17) is 23.2 Å². The van der Waals surface area contributed by atoms with Crippen LogP contribution in [0, 0.1) is 17.7 Å². The van der Waals surface area contributed by atoms with Crippen LogP contribution >= 0.6 is 23.2 Å². The fraction of sp³-hybridized carbons (Fsp3) is 0.344. The van der Waals surface area contributed by atoms with Crippen LogP contribution in [0.4, 0.5) is 15.8 Å². The van der Waals surface area contributed by atoms with Crippen molar-refractivity contribution in [2.24, 2.45) is 11.8 Å². The molecule has 10 heteroatoms. The lowest BCUT2D eigenvalue weighted by Gasteiger charge is -2.42. The first-order valence-electron chi connectivity index (χ1n) is 14.2. The highest BCUT2D eigenvalue weighted by molar-refractivity contribution is 6.31. The molecule has 4 atom stereocenters. The van der Waals surface area contributed by atoms with Crippen LogP contribution in [-0.2, 0) is 15.1 Å². The minimum atomic E-state index is -1.35. The Kier molecular flexibility index (Phi) is 6.57. The Morgan fingerprint density at radius 2 is 1.79 bits per heavy atom. The molecule has 2 N–H and O–H groups in total. The number of benzene rings is 3. The van der Waals surface area contributed by atoms with Crippen LogP contribution in [0.1, 0.15) is 53.1 Å². The zero-order chi connectivity index (χ0) is 29.3. The van der Waals surface area contributed by atoms with Gasteiger partial charge in [0.25, 0.3) is 0 Å². The number of hydrogen-bond donors (Lipinski definition) is 2. The van der Waals surface area contributed by atoms with Gasteiger partial charge in [0, 0.05) is 47.0 Å². The zero-order valence-electron chi connectivity index (χ0n) is 22.5. The number of aromatic carboxylic acids is 1. The van der Waals surface area contributed by atoms with Gasteiger partial charge in [0.1, 0.15) is 11.4 Å². The maximum absolute atomic E-state index is 16.0. The molecule has 7 nitrogen and oxygen atoms in total. The van der Waals surface area contributed by atoms with Gasteiger partial charge in [0.15, 0.2) is 0 Å². The van der Waals surface area contributed by atoms with Gasteiger partial charge in [0.05, 0.1) is 16.5 Å². The summed E-state index contributed by atoms with van der Waals surface area (Å²) in [5, 5.41) is 12.8. The normalized spacial score (nSPS) is 27.1. The van der Waals surface area contributed by atoms with Crippen molar-refractivity contribution in [3.05, 3.63) is 93.2 Å². The van der Waals surface area contributed by atoms with Gasteiger partial charge in [-0.3, -0.25) is 14.5 Å². The van der Waals surface area contributed by atoms with Crippen LogP contribution in [0.2, 0.25) is 10.0 Å². The standard InChI is InChI=1S/C32H28Cl2FN3O4/c33-19-10-13-22-24(14-19)36-31(42)32(22)27(21-6-3-7-23(34)28(21)35)26-25(38(32)15-17-4-1-2-5-17)16-37(29(26)39)20-11-8-18(9-12-20)30(40)41/h3,6-14,17,25-27H,1-2,4-5,15-16H2,(H,36,42)(H,40,41)/t25-,26+,27-,32+/m1/s1. The third kappa shape index (κ3) is 3.92. The van der Waals surface area contributed by atoms with Gasteiger partial charge in [0.2, 0.25) is 11.8 Å². The van der Waals surface area contributed by atoms with E-state index in [1.54, 1.807) is 41.3 Å². The second-order valence-corrected chi connectivity index (χ2v) is 12.6. The summed E-state index contributed by atoms with van der Waals surface area (Å²) < 4.78 is 16.0. The third-order valence-electron chi connectivity index (χ3n) is 9.66. The number of carbonyl (C=O) groups excluding carboxylic acids is 2. The molecule has 1 spiro atoms. The molecular formula is C32H28Cl2FN3O4. The van der Waals surface area contributed by atoms with Crippen molar-refractivity contribution in [3.63, 3.8) is 0 Å². The van der Waals surface area contributed by atoms with Gasteiger partial charge < -0.3 is 15.3 Å². The molecule has 1 aliphatic carbocycles. The first-order valence-corrected chi connectivity index (χ1v) is 14.9. The molecule has 0 radical (unpaired) electrons. The molecule has 4 aliphatic rings. The Morgan fingerprint density at radius 3 is 2.50 bits per heavy atom. The molecule has 7 rings (SSSR count). The van der Waals surface area contributed by atoms with E-state index in [1.165, 1.54) is 18.2 Å². The topological polar surface area (TPSA) is 90.0 Å². The number of fused-ring (bicyclic) bond motifs is 3. The fourth-order valence-electron chi connectivity index (χ4n) is 7.92. The van der Waals surface area contributed by atoms with Gasteiger partial charge in [-0.25, -0.2) is 9.18 Å². The Bertz CT molecular complexity index is 1630. The molecule has 3 aromatic rings. The van der Waals surface area contributed by atoms with Crippen molar-refractivity contribution in [1.29, 1.82) is 0 Å².